The van der Waals surface area contributed by atoms with Crippen molar-refractivity contribution in [3.8, 4) is 22.8 Å². The molecule has 0 radical (unpaired) electrons. The monoisotopic (exact) mass is 496 g/mol. The van der Waals surface area contributed by atoms with E-state index in [-0.39, 0.29) is 18.6 Å². The van der Waals surface area contributed by atoms with Gasteiger partial charge in [-0.05, 0) is 31.2 Å². The summed E-state index contributed by atoms with van der Waals surface area (Å²) in [5, 5.41) is 7.56. The van der Waals surface area contributed by atoms with Gasteiger partial charge in [-0.25, -0.2) is 0 Å². The van der Waals surface area contributed by atoms with E-state index in [0.717, 1.165) is 0 Å². The molecule has 0 atom stereocenters. The molecule has 1 saturated heterocycles. The van der Waals surface area contributed by atoms with Crippen molar-refractivity contribution in [1.29, 1.82) is 0 Å². The summed E-state index contributed by atoms with van der Waals surface area (Å²) in [6, 6.07) is 12.4. The van der Waals surface area contributed by atoms with E-state index in [4.69, 9.17) is 25.6 Å². The molecule has 182 valence electrons. The summed E-state index contributed by atoms with van der Waals surface area (Å²) < 4.78 is 16.0. The molecule has 2 aliphatic heterocycles. The third-order valence-corrected chi connectivity index (χ3v) is 6.54. The van der Waals surface area contributed by atoms with Crippen molar-refractivity contribution in [2.75, 3.05) is 46.1 Å². The fourth-order valence-electron chi connectivity index (χ4n) is 4.26. The lowest BCUT2D eigenvalue weighted by Crippen LogP contribution is -2.50. The Morgan fingerprint density at radius 3 is 2.63 bits per heavy atom. The van der Waals surface area contributed by atoms with Gasteiger partial charge in [-0.1, -0.05) is 35.0 Å². The Labute approximate surface area is 207 Å². The molecule has 1 fully saturated rings. The van der Waals surface area contributed by atoms with E-state index in [1.165, 1.54) is 0 Å². The van der Waals surface area contributed by atoms with Gasteiger partial charge in [-0.15, -0.1) is 0 Å². The van der Waals surface area contributed by atoms with Gasteiger partial charge in [0.25, 0.3) is 11.8 Å². The number of carbonyl (C=O) groups excluding carboxylic acids is 2. The van der Waals surface area contributed by atoms with E-state index < -0.39 is 0 Å². The molecule has 2 aliphatic rings. The minimum absolute atomic E-state index is 0.116. The van der Waals surface area contributed by atoms with Gasteiger partial charge in [0.2, 0.25) is 6.79 Å². The Morgan fingerprint density at radius 2 is 1.83 bits per heavy atom. The summed E-state index contributed by atoms with van der Waals surface area (Å²) in [6.07, 6.45) is 0. The van der Waals surface area contributed by atoms with Crippen molar-refractivity contribution in [2.45, 2.75) is 6.92 Å². The van der Waals surface area contributed by atoms with Gasteiger partial charge in [-0.3, -0.25) is 14.5 Å². The fourth-order valence-corrected chi connectivity index (χ4v) is 4.49. The van der Waals surface area contributed by atoms with Crippen LogP contribution >= 0.6 is 11.6 Å². The van der Waals surface area contributed by atoms with E-state index in [2.05, 4.69) is 15.4 Å². The van der Waals surface area contributed by atoms with Crippen LogP contribution in [0.5, 0.6) is 11.5 Å². The highest BCUT2D eigenvalue weighted by Crippen LogP contribution is 2.33. The number of ether oxygens (including phenoxy) is 2. The number of rotatable bonds is 6. The van der Waals surface area contributed by atoms with Crippen LogP contribution in [-0.4, -0.2) is 72.8 Å². The number of aromatic nitrogens is 1. The second-order valence-electron chi connectivity index (χ2n) is 8.40. The SMILES string of the molecule is Cc1onc(-c2ccccc2Cl)c1C(=O)N1CCN(CCNC(=O)c2ccc3c(c2)OCO3)CC1. The summed E-state index contributed by atoms with van der Waals surface area (Å²) in [7, 11) is 0. The Kier molecular flexibility index (Phi) is 6.61. The molecule has 5 rings (SSSR count). The topological polar surface area (TPSA) is 97.1 Å². The zero-order valence-electron chi connectivity index (χ0n) is 19.3. The maximum atomic E-state index is 13.3. The smallest absolute Gasteiger partial charge is 0.259 e. The van der Waals surface area contributed by atoms with Gasteiger partial charge < -0.3 is 24.2 Å². The van der Waals surface area contributed by atoms with Crippen molar-refractivity contribution in [3.63, 3.8) is 0 Å². The van der Waals surface area contributed by atoms with Crippen LogP contribution in [0, 0.1) is 6.92 Å². The average molecular weight is 497 g/mol. The summed E-state index contributed by atoms with van der Waals surface area (Å²) in [4.78, 5) is 29.8. The molecule has 1 aromatic heterocycles. The average Bonchev–Trinajstić information content (AvgIpc) is 3.50. The molecule has 9 nitrogen and oxygen atoms in total. The predicted molar refractivity (Wildman–Crippen MR) is 129 cm³/mol. The van der Waals surface area contributed by atoms with Crippen LogP contribution < -0.4 is 14.8 Å². The zero-order chi connectivity index (χ0) is 24.4. The first-order valence-electron chi connectivity index (χ1n) is 11.4. The van der Waals surface area contributed by atoms with Gasteiger partial charge in [0, 0.05) is 50.4 Å². The summed E-state index contributed by atoms with van der Waals surface area (Å²) in [5.41, 5.74) is 2.11. The minimum Gasteiger partial charge on any atom is -0.454 e. The fraction of sp³-hybridized carbons (Fsp3) is 0.320. The third-order valence-electron chi connectivity index (χ3n) is 6.21. The number of piperazine rings is 1. The van der Waals surface area contributed by atoms with E-state index in [1.807, 2.05) is 23.1 Å². The van der Waals surface area contributed by atoms with Crippen LogP contribution in [0.4, 0.5) is 0 Å². The quantitative estimate of drug-likeness (QED) is 0.559. The van der Waals surface area contributed by atoms with Crippen LogP contribution in [0.1, 0.15) is 26.5 Å². The Hall–Kier alpha value is -3.56. The number of nitrogens with zero attached hydrogens (tertiary/aromatic N) is 3. The van der Waals surface area contributed by atoms with E-state index in [1.54, 1.807) is 31.2 Å². The van der Waals surface area contributed by atoms with Crippen molar-refractivity contribution < 1.29 is 23.6 Å². The number of halogens is 1. The molecule has 0 bridgehead atoms. The first kappa shape index (κ1) is 23.2. The van der Waals surface area contributed by atoms with Gasteiger partial charge in [-0.2, -0.15) is 0 Å². The lowest BCUT2D eigenvalue weighted by atomic mass is 10.0. The molecule has 0 aliphatic carbocycles. The third kappa shape index (κ3) is 4.82. The first-order valence-corrected chi connectivity index (χ1v) is 11.8. The van der Waals surface area contributed by atoms with Crippen molar-refractivity contribution >= 4 is 23.4 Å². The molecule has 2 aromatic carbocycles. The number of nitrogens with one attached hydrogen (secondary N) is 1. The lowest BCUT2D eigenvalue weighted by molar-refractivity contribution is 0.0637. The molecule has 0 spiro atoms. The molecule has 0 unspecified atom stereocenters. The lowest BCUT2D eigenvalue weighted by Gasteiger charge is -2.34. The second kappa shape index (κ2) is 9.97. The highest BCUT2D eigenvalue weighted by Gasteiger charge is 2.29. The second-order valence-corrected chi connectivity index (χ2v) is 8.81. The normalized spacial score (nSPS) is 15.3. The Morgan fingerprint density at radius 1 is 1.06 bits per heavy atom. The molecular weight excluding hydrogens is 472 g/mol. The minimum atomic E-state index is -0.160. The largest absolute Gasteiger partial charge is 0.454 e. The van der Waals surface area contributed by atoms with Gasteiger partial charge in [0.15, 0.2) is 11.5 Å². The standard InChI is InChI=1S/C25H25ClN4O5/c1-16-22(23(28-35-16)18-4-2-3-5-19(18)26)25(32)30-12-10-29(11-13-30)9-8-27-24(31)17-6-7-20-21(14-17)34-15-33-20/h2-7,14H,8-13,15H2,1H3,(H,27,31). The molecular formula is C25H25ClN4O5. The van der Waals surface area contributed by atoms with Gasteiger partial charge in [0.05, 0.1) is 5.02 Å². The maximum Gasteiger partial charge on any atom is 0.259 e. The van der Waals surface area contributed by atoms with Crippen LogP contribution in [0.2, 0.25) is 5.02 Å². The van der Waals surface area contributed by atoms with E-state index in [9.17, 15) is 9.59 Å². The molecule has 35 heavy (non-hydrogen) atoms. The predicted octanol–water partition coefficient (Wildman–Crippen LogP) is 3.22. The van der Waals surface area contributed by atoms with Crippen LogP contribution in [-0.2, 0) is 0 Å². The van der Waals surface area contributed by atoms with Crippen molar-refractivity contribution in [2.24, 2.45) is 0 Å². The number of carbonyl (C=O) groups is 2. The van der Waals surface area contributed by atoms with E-state index in [0.29, 0.717) is 83.9 Å². The van der Waals surface area contributed by atoms with Crippen LogP contribution in [0.25, 0.3) is 11.3 Å². The number of amides is 2. The highest BCUT2D eigenvalue weighted by atomic mass is 35.5. The van der Waals surface area contributed by atoms with Crippen molar-refractivity contribution in [1.82, 2.24) is 20.3 Å². The van der Waals surface area contributed by atoms with E-state index >= 15 is 0 Å². The van der Waals surface area contributed by atoms with Crippen LogP contribution in [0.3, 0.4) is 0 Å². The highest BCUT2D eigenvalue weighted by molar-refractivity contribution is 6.33. The Balaban J connectivity index is 1.14. The number of hydrogen-bond donors (Lipinski definition) is 1. The number of aryl methyl sites for hydroxylation is 1. The molecule has 1 N–H and O–H groups in total. The van der Waals surface area contributed by atoms with Gasteiger partial charge in [0.1, 0.15) is 17.0 Å². The number of benzene rings is 2. The Bertz CT molecular complexity index is 1250. The maximum absolute atomic E-state index is 13.3. The van der Waals surface area contributed by atoms with Crippen LogP contribution in [0.15, 0.2) is 47.0 Å². The first-order chi connectivity index (χ1) is 17.0. The molecule has 2 amide bonds. The number of fused-ring (bicyclic) bond motifs is 1. The summed E-state index contributed by atoms with van der Waals surface area (Å²) in [6.45, 7) is 5.66. The molecule has 3 heterocycles. The number of hydrogen-bond acceptors (Lipinski definition) is 7. The summed E-state index contributed by atoms with van der Waals surface area (Å²) in [5.74, 6) is 1.42. The van der Waals surface area contributed by atoms with Crippen molar-refractivity contribution in [3.05, 3.63) is 64.4 Å². The van der Waals surface area contributed by atoms with Gasteiger partial charge >= 0.3 is 0 Å². The summed E-state index contributed by atoms with van der Waals surface area (Å²) >= 11 is 6.33. The molecule has 0 saturated carbocycles. The zero-order valence-corrected chi connectivity index (χ0v) is 20.0. The molecule has 3 aromatic rings. The molecule has 10 heteroatoms.